The number of aromatic nitrogens is 2. The van der Waals surface area contributed by atoms with Crippen molar-refractivity contribution in [3.8, 4) is 5.75 Å². The van der Waals surface area contributed by atoms with E-state index in [4.69, 9.17) is 4.74 Å². The number of pyridine rings is 1. The molecule has 0 bridgehead atoms. The molecular formula is C12H15N3OS. The predicted octanol–water partition coefficient (Wildman–Crippen LogP) is 2.14. The van der Waals surface area contributed by atoms with Gasteiger partial charge in [-0.3, -0.25) is 4.98 Å². The summed E-state index contributed by atoms with van der Waals surface area (Å²) >= 11 is 1.64. The van der Waals surface area contributed by atoms with Crippen molar-refractivity contribution in [3.05, 3.63) is 40.1 Å². The Labute approximate surface area is 105 Å². The quantitative estimate of drug-likeness (QED) is 0.882. The first-order chi connectivity index (χ1) is 8.28. The van der Waals surface area contributed by atoms with Crippen LogP contribution in [0, 0.1) is 6.92 Å². The topological polar surface area (TPSA) is 47.0 Å². The second kappa shape index (κ2) is 5.75. The summed E-state index contributed by atoms with van der Waals surface area (Å²) in [6.07, 6.45) is 1.73. The lowest BCUT2D eigenvalue weighted by Crippen LogP contribution is -2.05. The van der Waals surface area contributed by atoms with Crippen molar-refractivity contribution in [1.29, 1.82) is 0 Å². The molecule has 0 amide bonds. The average molecular weight is 249 g/mol. The maximum Gasteiger partial charge on any atom is 0.138 e. The van der Waals surface area contributed by atoms with Crippen molar-refractivity contribution in [2.75, 3.05) is 7.05 Å². The molecule has 4 nitrogen and oxygen atoms in total. The van der Waals surface area contributed by atoms with Gasteiger partial charge in [0, 0.05) is 17.6 Å². The highest BCUT2D eigenvalue weighted by Crippen LogP contribution is 2.14. The number of nitrogens with zero attached hydrogens (tertiary/aromatic N) is 2. The Kier molecular flexibility index (Phi) is 4.06. The Morgan fingerprint density at radius 3 is 3.00 bits per heavy atom. The van der Waals surface area contributed by atoms with Gasteiger partial charge in [0.1, 0.15) is 17.4 Å². The monoisotopic (exact) mass is 249 g/mol. The van der Waals surface area contributed by atoms with Crippen molar-refractivity contribution < 1.29 is 4.74 Å². The average Bonchev–Trinajstić information content (AvgIpc) is 2.77. The largest absolute Gasteiger partial charge is 0.486 e. The molecule has 2 rings (SSSR count). The molecule has 0 radical (unpaired) electrons. The van der Waals surface area contributed by atoms with E-state index >= 15 is 0 Å². The van der Waals surface area contributed by atoms with Crippen LogP contribution in [0.15, 0.2) is 23.7 Å². The smallest absolute Gasteiger partial charge is 0.138 e. The molecule has 0 spiro atoms. The standard InChI is InChI=1S/C12H15N3OS/c1-9-3-4-11(5-14-9)16-7-10-8-17-12(15-10)6-13-2/h3-5,8,13H,6-7H2,1-2H3. The first-order valence-corrected chi connectivity index (χ1v) is 6.29. The van der Waals surface area contributed by atoms with E-state index in [1.54, 1.807) is 17.5 Å². The normalized spacial score (nSPS) is 10.5. The van der Waals surface area contributed by atoms with Gasteiger partial charge < -0.3 is 10.1 Å². The Balaban J connectivity index is 1.90. The van der Waals surface area contributed by atoms with E-state index in [0.29, 0.717) is 6.61 Å². The van der Waals surface area contributed by atoms with E-state index in [2.05, 4.69) is 15.3 Å². The molecule has 2 heterocycles. The fraction of sp³-hybridized carbons (Fsp3) is 0.333. The number of nitrogens with one attached hydrogen (secondary N) is 1. The van der Waals surface area contributed by atoms with E-state index in [-0.39, 0.29) is 0 Å². The molecule has 2 aromatic rings. The Hall–Kier alpha value is -1.46. The van der Waals surface area contributed by atoms with Crippen molar-refractivity contribution >= 4 is 11.3 Å². The van der Waals surface area contributed by atoms with Gasteiger partial charge in [-0.05, 0) is 26.1 Å². The molecule has 1 N–H and O–H groups in total. The van der Waals surface area contributed by atoms with Crippen LogP contribution in [0.3, 0.4) is 0 Å². The molecule has 0 saturated carbocycles. The minimum atomic E-state index is 0.491. The molecule has 90 valence electrons. The number of rotatable bonds is 5. The summed E-state index contributed by atoms with van der Waals surface area (Å²) in [4.78, 5) is 8.62. The van der Waals surface area contributed by atoms with Gasteiger partial charge in [-0.15, -0.1) is 11.3 Å². The maximum atomic E-state index is 5.60. The minimum absolute atomic E-state index is 0.491. The maximum absolute atomic E-state index is 5.60. The Morgan fingerprint density at radius 1 is 1.41 bits per heavy atom. The molecule has 5 heteroatoms. The lowest BCUT2D eigenvalue weighted by molar-refractivity contribution is 0.300. The highest BCUT2D eigenvalue weighted by molar-refractivity contribution is 7.09. The van der Waals surface area contributed by atoms with Crippen molar-refractivity contribution in [3.63, 3.8) is 0 Å². The zero-order valence-electron chi connectivity index (χ0n) is 9.93. The van der Waals surface area contributed by atoms with Gasteiger partial charge >= 0.3 is 0 Å². The highest BCUT2D eigenvalue weighted by atomic mass is 32.1. The second-order valence-corrected chi connectivity index (χ2v) is 4.63. The summed E-state index contributed by atoms with van der Waals surface area (Å²) in [7, 11) is 1.91. The van der Waals surface area contributed by atoms with Gasteiger partial charge in [0.25, 0.3) is 0 Å². The molecule has 0 aliphatic heterocycles. The van der Waals surface area contributed by atoms with Gasteiger partial charge in [-0.1, -0.05) is 0 Å². The molecule has 17 heavy (non-hydrogen) atoms. The van der Waals surface area contributed by atoms with Crippen LogP contribution in [-0.2, 0) is 13.2 Å². The molecule has 0 fully saturated rings. The fourth-order valence-electron chi connectivity index (χ4n) is 1.34. The first kappa shape index (κ1) is 12.0. The third kappa shape index (κ3) is 3.51. The van der Waals surface area contributed by atoms with E-state index in [9.17, 15) is 0 Å². The molecule has 0 aromatic carbocycles. The SMILES string of the molecule is CNCc1nc(COc2ccc(C)nc2)cs1. The predicted molar refractivity (Wildman–Crippen MR) is 68.2 cm³/mol. The number of thiazole rings is 1. The summed E-state index contributed by atoms with van der Waals surface area (Å²) in [5.41, 5.74) is 1.95. The van der Waals surface area contributed by atoms with Crippen LogP contribution in [0.2, 0.25) is 0 Å². The molecule has 0 aliphatic rings. The number of ether oxygens (including phenoxy) is 1. The van der Waals surface area contributed by atoms with Crippen LogP contribution >= 0.6 is 11.3 Å². The molecule has 0 unspecified atom stereocenters. The van der Waals surface area contributed by atoms with Gasteiger partial charge in [-0.25, -0.2) is 4.98 Å². The zero-order valence-corrected chi connectivity index (χ0v) is 10.8. The third-order valence-corrected chi connectivity index (χ3v) is 3.10. The van der Waals surface area contributed by atoms with Crippen molar-refractivity contribution in [2.24, 2.45) is 0 Å². The van der Waals surface area contributed by atoms with Crippen LogP contribution < -0.4 is 10.1 Å². The highest BCUT2D eigenvalue weighted by Gasteiger charge is 2.02. The van der Waals surface area contributed by atoms with Crippen LogP contribution in [0.4, 0.5) is 0 Å². The zero-order chi connectivity index (χ0) is 12.1. The number of hydrogen-bond donors (Lipinski definition) is 1. The molecule has 0 saturated heterocycles. The van der Waals surface area contributed by atoms with Gasteiger partial charge in [0.15, 0.2) is 0 Å². The summed E-state index contributed by atoms with van der Waals surface area (Å²) in [5, 5.41) is 6.17. The van der Waals surface area contributed by atoms with Crippen molar-refractivity contribution in [1.82, 2.24) is 15.3 Å². The second-order valence-electron chi connectivity index (χ2n) is 3.69. The third-order valence-electron chi connectivity index (χ3n) is 2.20. The first-order valence-electron chi connectivity index (χ1n) is 5.41. The van der Waals surface area contributed by atoms with E-state index in [0.717, 1.165) is 28.7 Å². The van der Waals surface area contributed by atoms with Crippen LogP contribution in [0.25, 0.3) is 0 Å². The minimum Gasteiger partial charge on any atom is -0.486 e. The van der Waals surface area contributed by atoms with Crippen LogP contribution in [0.5, 0.6) is 5.75 Å². The van der Waals surface area contributed by atoms with E-state index in [1.807, 2.05) is 31.5 Å². The molecule has 2 aromatic heterocycles. The number of aryl methyl sites for hydroxylation is 1. The van der Waals surface area contributed by atoms with Gasteiger partial charge in [-0.2, -0.15) is 0 Å². The summed E-state index contributed by atoms with van der Waals surface area (Å²) < 4.78 is 5.60. The van der Waals surface area contributed by atoms with Gasteiger partial charge in [0.2, 0.25) is 0 Å². The fourth-order valence-corrected chi connectivity index (χ4v) is 2.13. The van der Waals surface area contributed by atoms with E-state index in [1.165, 1.54) is 0 Å². The van der Waals surface area contributed by atoms with Crippen LogP contribution in [0.1, 0.15) is 16.4 Å². The molecule has 0 atom stereocenters. The lowest BCUT2D eigenvalue weighted by atomic mass is 10.4. The van der Waals surface area contributed by atoms with Crippen LogP contribution in [-0.4, -0.2) is 17.0 Å². The van der Waals surface area contributed by atoms with Crippen molar-refractivity contribution in [2.45, 2.75) is 20.1 Å². The summed E-state index contributed by atoms with van der Waals surface area (Å²) in [5.74, 6) is 0.777. The Bertz CT molecular complexity index is 467. The lowest BCUT2D eigenvalue weighted by Gasteiger charge is -2.03. The number of hydrogen-bond acceptors (Lipinski definition) is 5. The summed E-state index contributed by atoms with van der Waals surface area (Å²) in [6.45, 7) is 3.25. The Morgan fingerprint density at radius 2 is 2.29 bits per heavy atom. The molecule has 0 aliphatic carbocycles. The van der Waals surface area contributed by atoms with Gasteiger partial charge in [0.05, 0.1) is 11.9 Å². The summed E-state index contributed by atoms with van der Waals surface area (Å²) in [6, 6.07) is 3.85. The van der Waals surface area contributed by atoms with E-state index < -0.39 is 0 Å². The molecular weight excluding hydrogens is 234 g/mol.